The van der Waals surface area contributed by atoms with Gasteiger partial charge in [0.25, 0.3) is 0 Å². The van der Waals surface area contributed by atoms with Gasteiger partial charge in [-0.1, -0.05) is 48.5 Å². The van der Waals surface area contributed by atoms with E-state index in [-0.39, 0.29) is 23.9 Å². The molecular formula is C26H29N3O4S. The molecule has 8 heteroatoms. The Morgan fingerprint density at radius 3 is 2.21 bits per heavy atom. The van der Waals surface area contributed by atoms with Crippen LogP contribution in [0.5, 0.6) is 0 Å². The van der Waals surface area contributed by atoms with Crippen molar-refractivity contribution in [2.75, 3.05) is 23.7 Å². The Morgan fingerprint density at radius 1 is 0.853 bits per heavy atom. The van der Waals surface area contributed by atoms with E-state index in [2.05, 4.69) is 10.6 Å². The van der Waals surface area contributed by atoms with Gasteiger partial charge in [0.05, 0.1) is 11.4 Å². The van der Waals surface area contributed by atoms with Crippen molar-refractivity contribution in [2.24, 2.45) is 0 Å². The first kappa shape index (κ1) is 25.1. The highest BCUT2D eigenvalue weighted by atomic mass is 32.2. The summed E-state index contributed by atoms with van der Waals surface area (Å²) in [5, 5.41) is 5.40. The summed E-state index contributed by atoms with van der Waals surface area (Å²) in [6.45, 7) is 4.79. The van der Waals surface area contributed by atoms with Gasteiger partial charge in [0, 0.05) is 24.8 Å². The average Bonchev–Trinajstić information content (AvgIpc) is 2.78. The largest absolute Gasteiger partial charge is 0.326 e. The second-order valence-corrected chi connectivity index (χ2v) is 10.1. The highest BCUT2D eigenvalue weighted by Crippen LogP contribution is 2.22. The zero-order valence-corrected chi connectivity index (χ0v) is 20.4. The smallest absolute Gasteiger partial charge is 0.243 e. The standard InChI is InChI=1S/C26H29N3O4S/c1-19-12-13-20(2)25(16-19)34(32,33)29(15-14-22-8-5-4-6-9-22)18-26(31)28-24-11-7-10-23(17-24)27-21(3)30/h4-13,16-17H,14-15,18H2,1-3H3,(H,27,30)(H,28,31). The third kappa shape index (κ3) is 6.76. The number of carbonyl (C=O) groups excluding carboxylic acids is 2. The number of sulfonamides is 1. The second kappa shape index (κ2) is 11.1. The summed E-state index contributed by atoms with van der Waals surface area (Å²) in [5.41, 5.74) is 3.43. The molecule has 0 atom stereocenters. The molecule has 2 N–H and O–H groups in total. The van der Waals surface area contributed by atoms with Crippen molar-refractivity contribution < 1.29 is 18.0 Å². The number of nitrogens with zero attached hydrogens (tertiary/aromatic N) is 1. The van der Waals surface area contributed by atoms with Crippen LogP contribution in [0.4, 0.5) is 11.4 Å². The van der Waals surface area contributed by atoms with Gasteiger partial charge in [0.2, 0.25) is 21.8 Å². The first-order valence-electron chi connectivity index (χ1n) is 10.9. The number of carbonyl (C=O) groups is 2. The molecule has 3 aromatic carbocycles. The van der Waals surface area contributed by atoms with E-state index >= 15 is 0 Å². The zero-order valence-electron chi connectivity index (χ0n) is 19.5. The maximum Gasteiger partial charge on any atom is 0.243 e. The Kier molecular flexibility index (Phi) is 8.20. The van der Waals surface area contributed by atoms with E-state index in [1.807, 2.05) is 43.3 Å². The third-order valence-corrected chi connectivity index (χ3v) is 7.23. The lowest BCUT2D eigenvalue weighted by atomic mass is 10.1. The summed E-state index contributed by atoms with van der Waals surface area (Å²) in [5.74, 6) is -0.697. The molecule has 3 rings (SSSR count). The Morgan fingerprint density at radius 2 is 1.53 bits per heavy atom. The normalized spacial score (nSPS) is 11.3. The summed E-state index contributed by atoms with van der Waals surface area (Å²) in [6, 6.07) is 21.5. The molecule has 2 amide bonds. The van der Waals surface area contributed by atoms with E-state index in [1.165, 1.54) is 11.2 Å². The van der Waals surface area contributed by atoms with Crippen molar-refractivity contribution in [2.45, 2.75) is 32.1 Å². The molecule has 0 fully saturated rings. The highest BCUT2D eigenvalue weighted by molar-refractivity contribution is 7.89. The number of aryl methyl sites for hydroxylation is 2. The topological polar surface area (TPSA) is 95.6 Å². The Hall–Kier alpha value is -3.49. The van der Waals surface area contributed by atoms with Crippen molar-refractivity contribution in [3.8, 4) is 0 Å². The molecule has 0 saturated heterocycles. The van der Waals surface area contributed by atoms with Crippen LogP contribution in [-0.2, 0) is 26.0 Å². The first-order chi connectivity index (χ1) is 16.1. The summed E-state index contributed by atoms with van der Waals surface area (Å²) in [7, 11) is -3.92. The summed E-state index contributed by atoms with van der Waals surface area (Å²) in [6.07, 6.45) is 0.468. The molecule has 0 aliphatic heterocycles. The predicted molar refractivity (Wildman–Crippen MR) is 134 cm³/mol. The van der Waals surface area contributed by atoms with Crippen molar-refractivity contribution in [1.29, 1.82) is 0 Å². The molecule has 0 aliphatic rings. The van der Waals surface area contributed by atoms with Gasteiger partial charge in [0.15, 0.2) is 0 Å². The van der Waals surface area contributed by atoms with Gasteiger partial charge in [-0.05, 0) is 61.2 Å². The van der Waals surface area contributed by atoms with Crippen molar-refractivity contribution in [3.63, 3.8) is 0 Å². The molecular weight excluding hydrogens is 450 g/mol. The molecule has 3 aromatic rings. The maximum absolute atomic E-state index is 13.6. The highest BCUT2D eigenvalue weighted by Gasteiger charge is 2.28. The Bertz CT molecular complexity index is 1270. The van der Waals surface area contributed by atoms with E-state index in [0.717, 1.165) is 11.1 Å². The third-order valence-electron chi connectivity index (χ3n) is 5.24. The molecule has 0 bridgehead atoms. The minimum atomic E-state index is -3.92. The lowest BCUT2D eigenvalue weighted by Crippen LogP contribution is -2.39. The Labute approximate surface area is 200 Å². The molecule has 0 saturated carbocycles. The zero-order chi connectivity index (χ0) is 24.7. The summed E-state index contributed by atoms with van der Waals surface area (Å²) >= 11 is 0. The van der Waals surface area contributed by atoms with E-state index in [4.69, 9.17) is 0 Å². The monoisotopic (exact) mass is 479 g/mol. The molecule has 178 valence electrons. The maximum atomic E-state index is 13.6. The quantitative estimate of drug-likeness (QED) is 0.482. The number of rotatable bonds is 9. The van der Waals surface area contributed by atoms with Gasteiger partial charge in [-0.25, -0.2) is 8.42 Å². The van der Waals surface area contributed by atoms with Crippen molar-refractivity contribution >= 4 is 33.2 Å². The van der Waals surface area contributed by atoms with Crippen LogP contribution in [0.2, 0.25) is 0 Å². The van der Waals surface area contributed by atoms with Gasteiger partial charge in [-0.3, -0.25) is 9.59 Å². The molecule has 0 aliphatic carbocycles. The van der Waals surface area contributed by atoms with Gasteiger partial charge in [0.1, 0.15) is 0 Å². The number of hydrogen-bond acceptors (Lipinski definition) is 4. The number of benzene rings is 3. The fourth-order valence-corrected chi connectivity index (χ4v) is 5.25. The van der Waals surface area contributed by atoms with Crippen molar-refractivity contribution in [3.05, 3.63) is 89.5 Å². The van der Waals surface area contributed by atoms with Crippen LogP contribution in [0.25, 0.3) is 0 Å². The van der Waals surface area contributed by atoms with Gasteiger partial charge >= 0.3 is 0 Å². The lowest BCUT2D eigenvalue weighted by Gasteiger charge is -2.23. The summed E-state index contributed by atoms with van der Waals surface area (Å²) < 4.78 is 28.4. The van der Waals surface area contributed by atoms with Crippen molar-refractivity contribution in [1.82, 2.24) is 4.31 Å². The minimum absolute atomic E-state index is 0.152. The van der Waals surface area contributed by atoms with Crippen LogP contribution < -0.4 is 10.6 Å². The van der Waals surface area contributed by atoms with Gasteiger partial charge in [-0.15, -0.1) is 0 Å². The molecule has 7 nitrogen and oxygen atoms in total. The molecule has 0 spiro atoms. The summed E-state index contributed by atoms with van der Waals surface area (Å²) in [4.78, 5) is 24.4. The van der Waals surface area contributed by atoms with E-state index < -0.39 is 15.9 Å². The van der Waals surface area contributed by atoms with Crippen LogP contribution in [0.3, 0.4) is 0 Å². The van der Waals surface area contributed by atoms with Crippen LogP contribution in [0, 0.1) is 13.8 Å². The fraction of sp³-hybridized carbons (Fsp3) is 0.231. The molecule has 0 aromatic heterocycles. The molecule has 0 heterocycles. The van der Waals surface area contributed by atoms with Crippen LogP contribution in [0.15, 0.2) is 77.7 Å². The van der Waals surface area contributed by atoms with Crippen LogP contribution >= 0.6 is 0 Å². The predicted octanol–water partition coefficient (Wildman–Crippen LogP) is 4.13. The Balaban J connectivity index is 1.84. The average molecular weight is 480 g/mol. The van der Waals surface area contributed by atoms with E-state index in [0.29, 0.717) is 23.4 Å². The minimum Gasteiger partial charge on any atom is -0.326 e. The molecule has 0 unspecified atom stereocenters. The first-order valence-corrected chi connectivity index (χ1v) is 12.4. The molecule has 34 heavy (non-hydrogen) atoms. The van der Waals surface area contributed by atoms with E-state index in [1.54, 1.807) is 43.3 Å². The van der Waals surface area contributed by atoms with Crippen LogP contribution in [0.1, 0.15) is 23.6 Å². The number of amides is 2. The van der Waals surface area contributed by atoms with Gasteiger partial charge in [-0.2, -0.15) is 4.31 Å². The fourth-order valence-electron chi connectivity index (χ4n) is 3.55. The number of nitrogens with one attached hydrogen (secondary N) is 2. The SMILES string of the molecule is CC(=O)Nc1cccc(NC(=O)CN(CCc2ccccc2)S(=O)(=O)c2cc(C)ccc2C)c1. The number of anilines is 2. The van der Waals surface area contributed by atoms with Gasteiger partial charge < -0.3 is 10.6 Å². The van der Waals surface area contributed by atoms with Crippen LogP contribution in [-0.4, -0.2) is 37.6 Å². The number of hydrogen-bond donors (Lipinski definition) is 2. The lowest BCUT2D eigenvalue weighted by molar-refractivity contribution is -0.116. The second-order valence-electron chi connectivity index (χ2n) is 8.15. The molecule has 0 radical (unpaired) electrons. The van der Waals surface area contributed by atoms with E-state index in [9.17, 15) is 18.0 Å².